The van der Waals surface area contributed by atoms with Crippen molar-refractivity contribution in [2.45, 2.75) is 32.5 Å². The van der Waals surface area contributed by atoms with Gasteiger partial charge in [0.1, 0.15) is 12.4 Å². The Morgan fingerprint density at radius 3 is 2.65 bits per heavy atom. The lowest BCUT2D eigenvalue weighted by Gasteiger charge is -2.46. The minimum absolute atomic E-state index is 0.0534. The molecule has 2 saturated heterocycles. The minimum Gasteiger partial charge on any atom is -0.322 e. The smallest absolute Gasteiger partial charge is 0.322 e. The summed E-state index contributed by atoms with van der Waals surface area (Å²) < 4.78 is 13.9. The number of halogens is 1. The summed E-state index contributed by atoms with van der Waals surface area (Å²) in [5.74, 6) is -1.72. The van der Waals surface area contributed by atoms with Gasteiger partial charge in [-0.3, -0.25) is 24.7 Å². The van der Waals surface area contributed by atoms with Gasteiger partial charge in [-0.1, -0.05) is 42.0 Å². The van der Waals surface area contributed by atoms with Crippen molar-refractivity contribution in [1.82, 2.24) is 15.1 Å². The van der Waals surface area contributed by atoms with Crippen LogP contribution in [0.15, 0.2) is 48.5 Å². The molecule has 0 bridgehead atoms. The van der Waals surface area contributed by atoms with Crippen LogP contribution in [0.4, 0.5) is 14.9 Å². The van der Waals surface area contributed by atoms with Crippen LogP contribution in [0.3, 0.4) is 0 Å². The first-order valence-electron chi connectivity index (χ1n) is 10.4. The molecule has 2 aliphatic heterocycles. The second kappa shape index (κ2) is 8.85. The Morgan fingerprint density at radius 1 is 1.16 bits per heavy atom. The van der Waals surface area contributed by atoms with Crippen LogP contribution in [-0.4, -0.2) is 46.9 Å². The van der Waals surface area contributed by atoms with Gasteiger partial charge in [0.25, 0.3) is 0 Å². The van der Waals surface area contributed by atoms with E-state index in [4.69, 9.17) is 0 Å². The maximum Gasteiger partial charge on any atom is 0.328 e. The summed E-state index contributed by atoms with van der Waals surface area (Å²) in [6.07, 6.45) is 0.906. The highest BCUT2D eigenvalue weighted by Crippen LogP contribution is 2.29. The highest BCUT2D eigenvalue weighted by atomic mass is 19.1. The van der Waals surface area contributed by atoms with Gasteiger partial charge >= 0.3 is 6.03 Å². The lowest BCUT2D eigenvalue weighted by molar-refractivity contribution is -0.143. The highest BCUT2D eigenvalue weighted by Gasteiger charge is 2.47. The van der Waals surface area contributed by atoms with Gasteiger partial charge in [-0.15, -0.1) is 0 Å². The molecule has 2 atom stereocenters. The van der Waals surface area contributed by atoms with E-state index in [1.165, 1.54) is 28.0 Å². The van der Waals surface area contributed by atoms with Gasteiger partial charge in [-0.05, 0) is 44.0 Å². The molecule has 2 aliphatic rings. The van der Waals surface area contributed by atoms with Crippen LogP contribution < -0.4 is 10.6 Å². The third kappa shape index (κ3) is 4.44. The lowest BCUT2D eigenvalue weighted by Crippen LogP contribution is -2.68. The lowest BCUT2D eigenvalue weighted by atomic mass is 9.91. The Kier molecular flexibility index (Phi) is 5.99. The number of nitrogens with zero attached hydrogens (tertiary/aromatic N) is 2. The normalized spacial score (nSPS) is 21.1. The monoisotopic (exact) mass is 424 g/mol. The number of urea groups is 1. The summed E-state index contributed by atoms with van der Waals surface area (Å²) in [6, 6.07) is 13.0. The number of benzene rings is 2. The number of hydrogen-bond donors (Lipinski definition) is 2. The average Bonchev–Trinajstić information content (AvgIpc) is 2.77. The molecule has 162 valence electrons. The zero-order valence-corrected chi connectivity index (χ0v) is 17.3. The fraction of sp³-hybridized carbons (Fsp3) is 0.348. The molecule has 2 heterocycles. The summed E-state index contributed by atoms with van der Waals surface area (Å²) in [7, 11) is 0. The van der Waals surface area contributed by atoms with Crippen LogP contribution in [0.5, 0.6) is 0 Å². The van der Waals surface area contributed by atoms with Crippen molar-refractivity contribution in [3.05, 3.63) is 65.5 Å². The molecule has 8 heteroatoms. The van der Waals surface area contributed by atoms with Crippen molar-refractivity contribution in [2.24, 2.45) is 5.92 Å². The maximum atomic E-state index is 13.9. The molecule has 0 spiro atoms. The number of nitrogens with one attached hydrogen (secondary N) is 2. The van der Waals surface area contributed by atoms with Crippen LogP contribution in [0, 0.1) is 18.7 Å². The number of rotatable bonds is 5. The quantitative estimate of drug-likeness (QED) is 0.773. The number of piperidine rings is 1. The molecule has 31 heavy (non-hydrogen) atoms. The first-order chi connectivity index (χ1) is 14.9. The summed E-state index contributed by atoms with van der Waals surface area (Å²) in [6.45, 7) is 2.49. The summed E-state index contributed by atoms with van der Waals surface area (Å²) in [5, 5.41) is 5.72. The number of amides is 4. The van der Waals surface area contributed by atoms with Crippen molar-refractivity contribution < 1.29 is 18.8 Å². The van der Waals surface area contributed by atoms with E-state index < -0.39 is 29.8 Å². The van der Waals surface area contributed by atoms with E-state index in [9.17, 15) is 18.8 Å². The van der Waals surface area contributed by atoms with E-state index in [1.807, 2.05) is 31.2 Å². The predicted molar refractivity (Wildman–Crippen MR) is 113 cm³/mol. The Balaban J connectivity index is 1.55. The largest absolute Gasteiger partial charge is 0.328 e. The first-order valence-corrected chi connectivity index (χ1v) is 10.4. The number of aryl methyl sites for hydroxylation is 1. The van der Waals surface area contributed by atoms with E-state index in [0.29, 0.717) is 13.0 Å². The number of imide groups is 1. The fourth-order valence-electron chi connectivity index (χ4n) is 4.12. The van der Waals surface area contributed by atoms with Crippen LogP contribution >= 0.6 is 0 Å². The number of fused-ring (bicyclic) bond motifs is 1. The third-order valence-corrected chi connectivity index (χ3v) is 5.75. The molecule has 4 amide bonds. The second-order valence-corrected chi connectivity index (χ2v) is 8.00. The number of anilines is 1. The van der Waals surface area contributed by atoms with E-state index >= 15 is 0 Å². The van der Waals surface area contributed by atoms with Crippen molar-refractivity contribution >= 4 is 23.5 Å². The molecule has 2 aromatic carbocycles. The highest BCUT2D eigenvalue weighted by molar-refractivity contribution is 6.01. The zero-order valence-electron chi connectivity index (χ0n) is 17.3. The predicted octanol–water partition coefficient (Wildman–Crippen LogP) is 2.86. The maximum absolute atomic E-state index is 13.9. The minimum atomic E-state index is -0.550. The molecule has 2 aromatic rings. The van der Waals surface area contributed by atoms with Gasteiger partial charge in [0.15, 0.2) is 0 Å². The first kappa shape index (κ1) is 21.0. The molecule has 0 aliphatic carbocycles. The second-order valence-electron chi connectivity index (χ2n) is 8.00. The SMILES string of the molecule is Cc1ccc(CN2C(=O)C3CCCNC3N(CC(=O)Nc3ccccc3F)C2=O)cc1. The van der Waals surface area contributed by atoms with Gasteiger partial charge in [0.05, 0.1) is 24.3 Å². The topological polar surface area (TPSA) is 81.8 Å². The molecule has 2 unspecified atom stereocenters. The summed E-state index contributed by atoms with van der Waals surface area (Å²) in [4.78, 5) is 41.6. The van der Waals surface area contributed by atoms with E-state index in [1.54, 1.807) is 6.07 Å². The summed E-state index contributed by atoms with van der Waals surface area (Å²) >= 11 is 0. The number of para-hydroxylation sites is 1. The van der Waals surface area contributed by atoms with Crippen LogP contribution in [0.2, 0.25) is 0 Å². The Morgan fingerprint density at radius 2 is 1.90 bits per heavy atom. The van der Waals surface area contributed by atoms with E-state index in [0.717, 1.165) is 17.5 Å². The van der Waals surface area contributed by atoms with E-state index in [2.05, 4.69) is 10.6 Å². The molecule has 4 rings (SSSR count). The van der Waals surface area contributed by atoms with Crippen molar-refractivity contribution in [1.29, 1.82) is 0 Å². The van der Waals surface area contributed by atoms with Crippen LogP contribution in [-0.2, 0) is 16.1 Å². The van der Waals surface area contributed by atoms with Gasteiger partial charge in [-0.2, -0.15) is 0 Å². The van der Waals surface area contributed by atoms with Crippen LogP contribution in [0.1, 0.15) is 24.0 Å². The van der Waals surface area contributed by atoms with Crippen molar-refractivity contribution in [2.75, 3.05) is 18.4 Å². The molecular formula is C23H25FN4O3. The fourth-order valence-corrected chi connectivity index (χ4v) is 4.12. The third-order valence-electron chi connectivity index (χ3n) is 5.75. The Bertz CT molecular complexity index is 995. The van der Waals surface area contributed by atoms with Gasteiger partial charge in [0, 0.05) is 0 Å². The number of carbonyl (C=O) groups excluding carboxylic acids is 3. The molecule has 2 fully saturated rings. The van der Waals surface area contributed by atoms with Crippen molar-refractivity contribution in [3.8, 4) is 0 Å². The number of hydrogen-bond acceptors (Lipinski definition) is 4. The molecule has 0 aromatic heterocycles. The molecular weight excluding hydrogens is 399 g/mol. The Hall–Kier alpha value is -3.26. The summed E-state index contributed by atoms with van der Waals surface area (Å²) in [5.41, 5.74) is 1.98. The van der Waals surface area contributed by atoms with Gasteiger partial charge in [0.2, 0.25) is 11.8 Å². The molecule has 0 radical (unpaired) electrons. The molecule has 7 nitrogen and oxygen atoms in total. The van der Waals surface area contributed by atoms with Crippen LogP contribution in [0.25, 0.3) is 0 Å². The van der Waals surface area contributed by atoms with Crippen molar-refractivity contribution in [3.63, 3.8) is 0 Å². The van der Waals surface area contributed by atoms with Gasteiger partial charge < -0.3 is 5.32 Å². The molecule has 2 N–H and O–H groups in total. The zero-order chi connectivity index (χ0) is 22.0. The van der Waals surface area contributed by atoms with E-state index in [-0.39, 0.29) is 24.7 Å². The molecule has 0 saturated carbocycles. The number of carbonyl (C=O) groups is 3. The average molecular weight is 424 g/mol. The van der Waals surface area contributed by atoms with Gasteiger partial charge in [-0.25, -0.2) is 9.18 Å². The standard InChI is InChI=1S/C23H25FN4O3/c1-15-8-10-16(11-9-15)13-28-22(30)17-5-4-12-25-21(17)27(23(28)31)14-20(29)26-19-7-3-2-6-18(19)24/h2-3,6-11,17,21,25H,4-5,12-14H2,1H3,(H,26,29). The Labute approximate surface area is 180 Å².